The standard InChI is InChI=1S/C21H22N4OS.ClH/c1-15-5-10-18-19(13-15)27-21(23-18)25(12-4-11-24(2)3)20(26)17-8-6-16(14-22)7-9-17;/h5-10,13H,4,11-12H2,1-3H3;1H. The highest BCUT2D eigenvalue weighted by atomic mass is 35.5. The molecule has 0 fully saturated rings. The number of carbonyl (C=O) groups is 1. The highest BCUT2D eigenvalue weighted by Gasteiger charge is 2.21. The van der Waals surface area contributed by atoms with E-state index in [0.29, 0.717) is 22.8 Å². The zero-order chi connectivity index (χ0) is 19.4. The number of thiazole rings is 1. The fourth-order valence-corrected chi connectivity index (χ4v) is 3.90. The summed E-state index contributed by atoms with van der Waals surface area (Å²) >= 11 is 1.54. The number of hydrogen-bond acceptors (Lipinski definition) is 5. The number of amides is 1. The van der Waals surface area contributed by atoms with Crippen molar-refractivity contribution >= 4 is 45.0 Å². The SMILES string of the molecule is Cc1ccc2nc(N(CCCN(C)C)C(=O)c3ccc(C#N)cc3)sc2c1.Cl. The summed E-state index contributed by atoms with van der Waals surface area (Å²) in [6.07, 6.45) is 0.851. The van der Waals surface area contributed by atoms with Gasteiger partial charge in [-0.15, -0.1) is 12.4 Å². The van der Waals surface area contributed by atoms with Gasteiger partial charge >= 0.3 is 0 Å². The number of hydrogen-bond donors (Lipinski definition) is 0. The highest BCUT2D eigenvalue weighted by Crippen LogP contribution is 2.30. The van der Waals surface area contributed by atoms with Crippen molar-refractivity contribution < 1.29 is 4.79 Å². The minimum atomic E-state index is -0.0889. The van der Waals surface area contributed by atoms with Crippen LogP contribution in [0, 0.1) is 18.3 Å². The number of nitrogens with zero attached hydrogens (tertiary/aromatic N) is 4. The summed E-state index contributed by atoms with van der Waals surface area (Å²) in [6, 6.07) is 15.0. The van der Waals surface area contributed by atoms with Gasteiger partial charge in [-0.2, -0.15) is 5.26 Å². The zero-order valence-electron chi connectivity index (χ0n) is 16.2. The summed E-state index contributed by atoms with van der Waals surface area (Å²) in [6.45, 7) is 3.53. The van der Waals surface area contributed by atoms with Crippen LogP contribution in [0.15, 0.2) is 42.5 Å². The van der Waals surface area contributed by atoms with Crippen molar-refractivity contribution in [2.45, 2.75) is 13.3 Å². The Morgan fingerprint density at radius 3 is 2.50 bits per heavy atom. The van der Waals surface area contributed by atoms with Gasteiger partial charge in [0, 0.05) is 12.1 Å². The molecule has 0 bridgehead atoms. The van der Waals surface area contributed by atoms with E-state index < -0.39 is 0 Å². The normalized spacial score (nSPS) is 10.5. The molecule has 7 heteroatoms. The van der Waals surface area contributed by atoms with Crippen LogP contribution in [0.5, 0.6) is 0 Å². The van der Waals surface area contributed by atoms with Crippen LogP contribution in [-0.2, 0) is 0 Å². The maximum Gasteiger partial charge on any atom is 0.260 e. The van der Waals surface area contributed by atoms with Crippen molar-refractivity contribution in [1.82, 2.24) is 9.88 Å². The third-order valence-corrected chi connectivity index (χ3v) is 5.30. The van der Waals surface area contributed by atoms with Crippen LogP contribution in [0.2, 0.25) is 0 Å². The fourth-order valence-electron chi connectivity index (χ4n) is 2.81. The first-order chi connectivity index (χ1) is 13.0. The number of nitriles is 1. The molecule has 1 amide bonds. The van der Waals surface area contributed by atoms with E-state index in [4.69, 9.17) is 5.26 Å². The molecule has 0 spiro atoms. The van der Waals surface area contributed by atoms with Crippen LogP contribution < -0.4 is 4.90 Å². The Morgan fingerprint density at radius 2 is 1.86 bits per heavy atom. The van der Waals surface area contributed by atoms with E-state index in [1.54, 1.807) is 29.2 Å². The molecular formula is C21H23ClN4OS. The maximum atomic E-state index is 13.2. The molecule has 1 aromatic heterocycles. The molecule has 3 rings (SSSR count). The van der Waals surface area contributed by atoms with Crippen LogP contribution in [-0.4, -0.2) is 43.0 Å². The minimum Gasteiger partial charge on any atom is -0.309 e. The van der Waals surface area contributed by atoms with E-state index in [-0.39, 0.29) is 18.3 Å². The lowest BCUT2D eigenvalue weighted by Crippen LogP contribution is -2.33. The molecule has 0 N–H and O–H groups in total. The number of rotatable bonds is 6. The quantitative estimate of drug-likeness (QED) is 0.596. The van der Waals surface area contributed by atoms with Gasteiger partial charge < -0.3 is 4.90 Å². The molecule has 0 aliphatic heterocycles. The van der Waals surface area contributed by atoms with Crippen LogP contribution in [0.1, 0.15) is 27.9 Å². The number of carbonyl (C=O) groups excluding carboxylic acids is 1. The van der Waals surface area contributed by atoms with Gasteiger partial charge in [0.15, 0.2) is 5.13 Å². The minimum absolute atomic E-state index is 0. The molecule has 0 aliphatic rings. The predicted octanol–water partition coefficient (Wildman–Crippen LogP) is 4.50. The summed E-state index contributed by atoms with van der Waals surface area (Å²) < 4.78 is 1.08. The Hall–Kier alpha value is -2.46. The Bertz CT molecular complexity index is 992. The third-order valence-electron chi connectivity index (χ3n) is 4.26. The summed E-state index contributed by atoms with van der Waals surface area (Å²) in [4.78, 5) is 21.7. The molecule has 0 radical (unpaired) electrons. The number of fused-ring (bicyclic) bond motifs is 1. The lowest BCUT2D eigenvalue weighted by atomic mass is 10.1. The van der Waals surface area contributed by atoms with Gasteiger partial charge in [0.05, 0.1) is 21.8 Å². The molecular weight excluding hydrogens is 392 g/mol. The smallest absolute Gasteiger partial charge is 0.260 e. The van der Waals surface area contributed by atoms with E-state index >= 15 is 0 Å². The average molecular weight is 415 g/mol. The molecule has 0 atom stereocenters. The average Bonchev–Trinajstić information content (AvgIpc) is 3.07. The Labute approximate surface area is 175 Å². The largest absolute Gasteiger partial charge is 0.309 e. The first kappa shape index (κ1) is 21.8. The van der Waals surface area contributed by atoms with E-state index in [2.05, 4.69) is 28.9 Å². The summed E-state index contributed by atoms with van der Waals surface area (Å²) in [5.74, 6) is -0.0889. The number of halogens is 1. The third kappa shape index (κ3) is 5.08. The Kier molecular flexibility index (Phi) is 7.53. The van der Waals surface area contributed by atoms with Crippen molar-refractivity contribution in [3.05, 3.63) is 59.2 Å². The van der Waals surface area contributed by atoms with E-state index in [1.807, 2.05) is 26.2 Å². The van der Waals surface area contributed by atoms with Crippen molar-refractivity contribution in [3.63, 3.8) is 0 Å². The molecule has 1 heterocycles. The number of anilines is 1. The van der Waals surface area contributed by atoms with Gasteiger partial charge in [0.2, 0.25) is 0 Å². The van der Waals surface area contributed by atoms with Crippen LogP contribution >= 0.6 is 23.7 Å². The second kappa shape index (κ2) is 9.65. The van der Waals surface area contributed by atoms with E-state index in [1.165, 1.54) is 16.9 Å². The molecule has 0 saturated heterocycles. The second-order valence-corrected chi connectivity index (χ2v) is 7.78. The van der Waals surface area contributed by atoms with Crippen molar-refractivity contribution in [2.24, 2.45) is 0 Å². The van der Waals surface area contributed by atoms with Gasteiger partial charge in [-0.25, -0.2) is 4.98 Å². The molecule has 146 valence electrons. The first-order valence-corrected chi connectivity index (χ1v) is 9.63. The molecule has 5 nitrogen and oxygen atoms in total. The number of aryl methyl sites for hydroxylation is 1. The summed E-state index contributed by atoms with van der Waals surface area (Å²) in [5.41, 5.74) is 3.19. The van der Waals surface area contributed by atoms with Crippen molar-refractivity contribution in [2.75, 3.05) is 32.1 Å². The molecule has 0 aliphatic carbocycles. The van der Waals surface area contributed by atoms with Crippen molar-refractivity contribution in [1.29, 1.82) is 5.26 Å². The topological polar surface area (TPSA) is 60.2 Å². The van der Waals surface area contributed by atoms with Crippen molar-refractivity contribution in [3.8, 4) is 6.07 Å². The fraction of sp³-hybridized carbons (Fsp3) is 0.286. The highest BCUT2D eigenvalue weighted by molar-refractivity contribution is 7.22. The van der Waals surface area contributed by atoms with Gasteiger partial charge in [-0.1, -0.05) is 17.4 Å². The van der Waals surface area contributed by atoms with Gasteiger partial charge in [-0.05, 0) is 75.9 Å². The molecule has 0 saturated carbocycles. The maximum absolute atomic E-state index is 13.2. The summed E-state index contributed by atoms with van der Waals surface area (Å²) in [5, 5.41) is 9.68. The van der Waals surface area contributed by atoms with Crippen LogP contribution in [0.3, 0.4) is 0 Å². The zero-order valence-corrected chi connectivity index (χ0v) is 17.8. The number of aromatic nitrogens is 1. The van der Waals surface area contributed by atoms with Gasteiger partial charge in [0.1, 0.15) is 0 Å². The molecule has 2 aromatic carbocycles. The lowest BCUT2D eigenvalue weighted by Gasteiger charge is -2.21. The second-order valence-electron chi connectivity index (χ2n) is 6.77. The number of benzene rings is 2. The molecule has 3 aromatic rings. The van der Waals surface area contributed by atoms with Gasteiger partial charge in [-0.3, -0.25) is 9.69 Å². The van der Waals surface area contributed by atoms with Gasteiger partial charge in [0.25, 0.3) is 5.91 Å². The monoisotopic (exact) mass is 414 g/mol. The van der Waals surface area contributed by atoms with E-state index in [0.717, 1.165) is 23.2 Å². The summed E-state index contributed by atoms with van der Waals surface area (Å²) in [7, 11) is 4.04. The van der Waals surface area contributed by atoms with Crippen LogP contribution in [0.25, 0.3) is 10.2 Å². The lowest BCUT2D eigenvalue weighted by molar-refractivity contribution is 0.0986. The van der Waals surface area contributed by atoms with Crippen LogP contribution in [0.4, 0.5) is 5.13 Å². The van der Waals surface area contributed by atoms with E-state index in [9.17, 15) is 4.79 Å². The molecule has 28 heavy (non-hydrogen) atoms. The predicted molar refractivity (Wildman–Crippen MR) is 118 cm³/mol. The Balaban J connectivity index is 0.00000280. The molecule has 0 unspecified atom stereocenters. The first-order valence-electron chi connectivity index (χ1n) is 8.82. The Morgan fingerprint density at radius 1 is 1.14 bits per heavy atom.